The number of nitrogens with one attached hydrogen (secondary N) is 1. The summed E-state index contributed by atoms with van der Waals surface area (Å²) in [5.74, 6) is -4.90. The van der Waals surface area contributed by atoms with Crippen LogP contribution >= 0.6 is 11.3 Å². The molecule has 1 aromatic rings. The van der Waals surface area contributed by atoms with Crippen molar-refractivity contribution >= 4 is 46.1 Å². The number of carbonyl (C=O) groups is 5. The van der Waals surface area contributed by atoms with Crippen LogP contribution in [0, 0.1) is 6.92 Å². The highest BCUT2D eigenvalue weighted by molar-refractivity contribution is 7.18. The third-order valence-corrected chi connectivity index (χ3v) is 5.53. The van der Waals surface area contributed by atoms with E-state index in [9.17, 15) is 14.4 Å². The maximum Gasteiger partial charge on any atom is 0.414 e. The maximum absolute atomic E-state index is 12.4. The summed E-state index contributed by atoms with van der Waals surface area (Å²) in [7, 11) is 0. The molecule has 0 spiro atoms. The smallest absolute Gasteiger partial charge is 0.414 e. The predicted octanol–water partition coefficient (Wildman–Crippen LogP) is 1.99. The number of hydrogen-bond donors (Lipinski definition) is 3. The molecule has 0 aliphatic carbocycles. The van der Waals surface area contributed by atoms with E-state index in [1.165, 1.54) is 6.42 Å². The van der Waals surface area contributed by atoms with Crippen molar-refractivity contribution in [3.05, 3.63) is 16.0 Å². The Labute approximate surface area is 189 Å². The number of piperidine rings is 1. The molecule has 1 amide bonds. The summed E-state index contributed by atoms with van der Waals surface area (Å²) in [6.45, 7) is 7.61. The van der Waals surface area contributed by atoms with Crippen molar-refractivity contribution in [2.45, 2.75) is 40.0 Å². The fraction of sp³-hybridized carbons (Fsp3) is 0.550. The zero-order valence-corrected chi connectivity index (χ0v) is 19.1. The van der Waals surface area contributed by atoms with Gasteiger partial charge in [-0.15, -0.1) is 11.3 Å². The quantitative estimate of drug-likeness (QED) is 0.395. The first-order valence-corrected chi connectivity index (χ1v) is 10.9. The van der Waals surface area contributed by atoms with Crippen molar-refractivity contribution < 1.29 is 43.7 Å². The molecular weight excluding hydrogens is 444 g/mol. The Hall–Kier alpha value is -2.99. The number of aliphatic carboxylic acids is 2. The number of esters is 2. The van der Waals surface area contributed by atoms with Gasteiger partial charge in [-0.05, 0) is 52.3 Å². The van der Waals surface area contributed by atoms with Crippen molar-refractivity contribution in [1.82, 2.24) is 4.90 Å². The molecule has 1 aliphatic rings. The Morgan fingerprint density at radius 1 is 0.938 bits per heavy atom. The first-order chi connectivity index (χ1) is 15.1. The van der Waals surface area contributed by atoms with E-state index in [4.69, 9.17) is 29.3 Å². The van der Waals surface area contributed by atoms with Crippen LogP contribution in [0.3, 0.4) is 0 Å². The highest BCUT2D eigenvalue weighted by Crippen LogP contribution is 2.34. The highest BCUT2D eigenvalue weighted by Gasteiger charge is 2.27. The lowest BCUT2D eigenvalue weighted by atomic mass is 10.1. The van der Waals surface area contributed by atoms with Crippen LogP contribution in [0.5, 0.6) is 0 Å². The van der Waals surface area contributed by atoms with Crippen LogP contribution in [-0.4, -0.2) is 77.7 Å². The van der Waals surface area contributed by atoms with Crippen LogP contribution in [0.25, 0.3) is 0 Å². The van der Waals surface area contributed by atoms with Crippen molar-refractivity contribution in [2.24, 2.45) is 0 Å². The first kappa shape index (κ1) is 27.0. The average Bonchev–Trinajstić information content (AvgIpc) is 3.05. The van der Waals surface area contributed by atoms with Crippen LogP contribution in [0.1, 0.15) is 58.7 Å². The molecule has 11 nitrogen and oxygen atoms in total. The van der Waals surface area contributed by atoms with E-state index in [0.717, 1.165) is 37.3 Å². The van der Waals surface area contributed by atoms with Crippen molar-refractivity contribution in [3.63, 3.8) is 0 Å². The second-order valence-electron chi connectivity index (χ2n) is 6.70. The van der Waals surface area contributed by atoms with Crippen molar-refractivity contribution in [1.29, 1.82) is 0 Å². The van der Waals surface area contributed by atoms with Crippen LogP contribution in [0.4, 0.5) is 5.00 Å². The van der Waals surface area contributed by atoms with Gasteiger partial charge in [-0.3, -0.25) is 9.69 Å². The molecule has 3 N–H and O–H groups in total. The van der Waals surface area contributed by atoms with Gasteiger partial charge in [-0.1, -0.05) is 6.42 Å². The normalized spacial score (nSPS) is 13.3. The molecular formula is C20H28N2O9S. The molecule has 0 bridgehead atoms. The average molecular weight is 473 g/mol. The summed E-state index contributed by atoms with van der Waals surface area (Å²) in [6.07, 6.45) is 3.37. The second kappa shape index (κ2) is 13.4. The second-order valence-corrected chi connectivity index (χ2v) is 7.72. The van der Waals surface area contributed by atoms with Crippen LogP contribution in [-0.2, 0) is 23.9 Å². The van der Waals surface area contributed by atoms with Crippen molar-refractivity contribution in [2.75, 3.05) is 38.2 Å². The molecule has 0 atom stereocenters. The molecule has 0 unspecified atom stereocenters. The summed E-state index contributed by atoms with van der Waals surface area (Å²) in [5, 5.41) is 17.9. The number of anilines is 1. The van der Waals surface area contributed by atoms with E-state index < -0.39 is 23.9 Å². The summed E-state index contributed by atoms with van der Waals surface area (Å²) in [6, 6.07) is 0. The van der Waals surface area contributed by atoms with Crippen molar-refractivity contribution in [3.8, 4) is 0 Å². The van der Waals surface area contributed by atoms with Gasteiger partial charge in [-0.2, -0.15) is 0 Å². The van der Waals surface area contributed by atoms with Crippen LogP contribution < -0.4 is 5.32 Å². The first-order valence-electron chi connectivity index (χ1n) is 10.1. The van der Waals surface area contributed by atoms with Gasteiger partial charge < -0.3 is 25.0 Å². The van der Waals surface area contributed by atoms with Gasteiger partial charge in [0.05, 0.1) is 25.3 Å². The van der Waals surface area contributed by atoms with Gasteiger partial charge in [0, 0.05) is 0 Å². The third kappa shape index (κ3) is 8.27. The number of carbonyl (C=O) groups excluding carboxylic acids is 3. The number of thiophene rings is 1. The van der Waals surface area contributed by atoms with Crippen LogP contribution in [0.2, 0.25) is 0 Å². The van der Waals surface area contributed by atoms with Crippen LogP contribution in [0.15, 0.2) is 0 Å². The number of carboxylic acid groups (broad SMARTS) is 2. The fourth-order valence-corrected chi connectivity index (χ4v) is 4.03. The summed E-state index contributed by atoms with van der Waals surface area (Å²) < 4.78 is 10.1. The molecule has 0 radical (unpaired) electrons. The zero-order chi connectivity index (χ0) is 24.3. The molecule has 178 valence electrons. The van der Waals surface area contributed by atoms with E-state index in [1.54, 1.807) is 20.8 Å². The molecule has 1 aromatic heterocycles. The standard InChI is InChI=1S/C18H26N2O5S.C2H2O4/c1-4-24-17(22)14-12(3)15(18(23)25-5-2)26-16(14)19-13(21)11-20-9-7-6-8-10-20;3-1(4)2(5)6/h4-11H2,1-3H3,(H,19,21);(H,3,4)(H,5,6). The molecule has 0 saturated carbocycles. The van der Waals surface area contributed by atoms with Gasteiger partial charge in [0.2, 0.25) is 5.91 Å². The molecule has 1 aliphatic heterocycles. The number of rotatable bonds is 7. The molecule has 1 saturated heterocycles. The molecule has 12 heteroatoms. The summed E-state index contributed by atoms with van der Waals surface area (Å²) in [4.78, 5) is 57.5. The number of ether oxygens (including phenoxy) is 2. The van der Waals surface area contributed by atoms with E-state index in [2.05, 4.69) is 10.2 Å². The largest absolute Gasteiger partial charge is 0.473 e. The van der Waals surface area contributed by atoms with E-state index in [-0.39, 0.29) is 31.2 Å². The Morgan fingerprint density at radius 2 is 1.47 bits per heavy atom. The molecule has 32 heavy (non-hydrogen) atoms. The number of nitrogens with zero attached hydrogens (tertiary/aromatic N) is 1. The molecule has 2 heterocycles. The number of likely N-dealkylation sites (tertiary alicyclic amines) is 1. The topological polar surface area (TPSA) is 160 Å². The van der Waals surface area contributed by atoms with E-state index in [1.807, 2.05) is 0 Å². The predicted molar refractivity (Wildman–Crippen MR) is 115 cm³/mol. The fourth-order valence-electron chi connectivity index (χ4n) is 2.93. The van der Waals surface area contributed by atoms with Gasteiger partial charge in [0.1, 0.15) is 9.88 Å². The van der Waals surface area contributed by atoms with Gasteiger partial charge in [0.25, 0.3) is 0 Å². The lowest BCUT2D eigenvalue weighted by Gasteiger charge is -2.25. The number of amides is 1. The monoisotopic (exact) mass is 472 g/mol. The minimum atomic E-state index is -1.82. The Kier molecular flexibility index (Phi) is 11.3. The van der Waals surface area contributed by atoms with Gasteiger partial charge in [0.15, 0.2) is 0 Å². The van der Waals surface area contributed by atoms with Gasteiger partial charge in [-0.25, -0.2) is 19.2 Å². The Morgan fingerprint density at radius 3 is 1.97 bits per heavy atom. The Bertz CT molecular complexity index is 832. The minimum absolute atomic E-state index is 0.200. The zero-order valence-electron chi connectivity index (χ0n) is 18.3. The summed E-state index contributed by atoms with van der Waals surface area (Å²) >= 11 is 1.05. The highest BCUT2D eigenvalue weighted by atomic mass is 32.1. The van der Waals surface area contributed by atoms with Gasteiger partial charge >= 0.3 is 23.9 Å². The minimum Gasteiger partial charge on any atom is -0.473 e. The number of carboxylic acids is 2. The van der Waals surface area contributed by atoms with E-state index >= 15 is 0 Å². The van der Waals surface area contributed by atoms with E-state index in [0.29, 0.717) is 15.4 Å². The third-order valence-electron chi connectivity index (χ3n) is 4.34. The lowest BCUT2D eigenvalue weighted by Crippen LogP contribution is -2.36. The molecule has 2 rings (SSSR count). The number of hydrogen-bond acceptors (Lipinski definition) is 9. The SMILES string of the molecule is CCOC(=O)c1sc(NC(=O)CN2CCCCC2)c(C(=O)OCC)c1C.O=C(O)C(=O)O. The Balaban J connectivity index is 0.000000751. The molecule has 0 aromatic carbocycles. The lowest BCUT2D eigenvalue weighted by molar-refractivity contribution is -0.159. The summed E-state index contributed by atoms with van der Waals surface area (Å²) in [5.41, 5.74) is 0.701. The maximum atomic E-state index is 12.4. The molecule has 1 fully saturated rings.